The lowest BCUT2D eigenvalue weighted by Gasteiger charge is -2.42. The van der Waals surface area contributed by atoms with E-state index in [1.54, 1.807) is 11.2 Å². The lowest BCUT2D eigenvalue weighted by Crippen LogP contribution is -2.52. The molecule has 0 aliphatic carbocycles. The van der Waals surface area contributed by atoms with Crippen molar-refractivity contribution < 1.29 is 42.9 Å². The molecule has 1 unspecified atom stereocenters. The molecule has 1 amide bonds. The van der Waals surface area contributed by atoms with Gasteiger partial charge in [-0.3, -0.25) is 24.0 Å². The van der Waals surface area contributed by atoms with E-state index in [0.717, 1.165) is 117 Å². The number of rotatable bonds is 49. The number of hydrogen-bond acceptors (Lipinski definition) is 14. The van der Waals surface area contributed by atoms with E-state index in [1.807, 2.05) is 58.3 Å². The highest BCUT2D eigenvalue weighted by molar-refractivity contribution is 5.88. The van der Waals surface area contributed by atoms with Gasteiger partial charge < -0.3 is 38.6 Å². The van der Waals surface area contributed by atoms with E-state index in [2.05, 4.69) is 69.8 Å². The number of allylic oxidation sites excluding steroid dienone is 4. The molecule has 3 atom stereocenters. The molecule has 1 aromatic carbocycles. The predicted molar refractivity (Wildman–Crippen MR) is 358 cm³/mol. The van der Waals surface area contributed by atoms with Crippen LogP contribution in [0.1, 0.15) is 256 Å². The number of esters is 4. The number of nitrogens with zero attached hydrogens (tertiary/aromatic N) is 6. The summed E-state index contributed by atoms with van der Waals surface area (Å²) in [4.78, 5) is 78.0. The molecular formula is C73H115N7O9. The second-order valence-corrected chi connectivity index (χ2v) is 25.3. The van der Waals surface area contributed by atoms with Crippen LogP contribution in [0.2, 0.25) is 0 Å². The number of aryl methyl sites for hydroxylation is 2. The molecule has 2 aromatic heterocycles. The number of unbranched alkanes of at least 4 members (excludes halogenated alkanes) is 22. The largest absolute Gasteiger partial charge is 0.462 e. The first kappa shape index (κ1) is 75.4. The van der Waals surface area contributed by atoms with Crippen molar-refractivity contribution >= 4 is 46.6 Å². The van der Waals surface area contributed by atoms with Gasteiger partial charge >= 0.3 is 23.9 Å². The van der Waals surface area contributed by atoms with Crippen LogP contribution in [-0.2, 0) is 44.7 Å². The minimum absolute atomic E-state index is 0.0316. The fourth-order valence-corrected chi connectivity index (χ4v) is 11.8. The van der Waals surface area contributed by atoms with Crippen molar-refractivity contribution in [2.24, 2.45) is 11.8 Å². The number of likely N-dealkylation sites (N-methyl/N-ethyl adjacent to an activating group) is 1. The van der Waals surface area contributed by atoms with E-state index in [-0.39, 0.29) is 81.1 Å². The van der Waals surface area contributed by atoms with E-state index in [0.29, 0.717) is 50.8 Å². The molecular weight excluding hydrogens is 1120 g/mol. The van der Waals surface area contributed by atoms with Crippen molar-refractivity contribution in [2.45, 2.75) is 272 Å². The molecule has 0 radical (unpaired) electrons. The van der Waals surface area contributed by atoms with Crippen LogP contribution in [0.25, 0.3) is 11.0 Å². The number of aromatic nitrogens is 3. The zero-order chi connectivity index (χ0) is 64.3. The van der Waals surface area contributed by atoms with Crippen LogP contribution in [0.5, 0.6) is 5.75 Å². The number of benzene rings is 1. The number of hydrogen-bond donors (Lipinski definition) is 1. The third kappa shape index (κ3) is 31.5. The summed E-state index contributed by atoms with van der Waals surface area (Å²) < 4.78 is 25.0. The molecule has 1 saturated heterocycles. The van der Waals surface area contributed by atoms with Gasteiger partial charge in [0.15, 0.2) is 6.10 Å². The predicted octanol–water partition coefficient (Wildman–Crippen LogP) is 16.1. The first-order chi connectivity index (χ1) is 43.2. The molecule has 1 aliphatic rings. The summed E-state index contributed by atoms with van der Waals surface area (Å²) in [7, 11) is 2.01. The van der Waals surface area contributed by atoms with E-state index >= 15 is 0 Å². The van der Waals surface area contributed by atoms with Crippen molar-refractivity contribution in [1.29, 1.82) is 5.26 Å². The average Bonchev–Trinajstić information content (AvgIpc) is 2.26. The zero-order valence-corrected chi connectivity index (χ0v) is 56.1. The summed E-state index contributed by atoms with van der Waals surface area (Å²) in [5.41, 5.74) is 3.51. The molecule has 3 heterocycles. The standard InChI is InChI=1S/C73H115N7O9/c1-8-10-12-14-16-18-20-22-24-26-28-30-32-34-36-39-67(82)86-55-63(56-87-68(83)40-37-35-33-31-29-27-25-23-21-19-17-15-13-11-9-2)88-70(85)49-58(3)52-75-46-38-41-69(84)89-71-60(5)50-62(51-61(71)6)53-80-48-44-64-72(76-57-77-73(64)80)78(7)65-54-79(47-43-59(65)4)66(81)42-45-74/h22-25,44,48,50-51,57-59,63,65,75H,8-21,26-43,46-47,49,52-56H2,1-7H3/b24-22-,25-23-/t58?,59-,65+/m1/s1. The molecule has 16 nitrogen and oxygen atoms in total. The number of ether oxygens (including phenoxy) is 4. The van der Waals surface area contributed by atoms with Gasteiger partial charge in [-0.25, -0.2) is 9.97 Å². The van der Waals surface area contributed by atoms with Crippen molar-refractivity contribution in [3.8, 4) is 11.8 Å². The number of anilines is 1. The molecule has 3 aromatic rings. The second-order valence-electron chi connectivity index (χ2n) is 25.3. The maximum atomic E-state index is 13.3. The molecule has 0 saturated carbocycles. The Morgan fingerprint density at radius 1 is 0.708 bits per heavy atom. The number of nitrogens with one attached hydrogen (secondary N) is 1. The second kappa shape index (κ2) is 46.1. The Morgan fingerprint density at radius 3 is 1.76 bits per heavy atom. The van der Waals surface area contributed by atoms with E-state index in [9.17, 15) is 24.0 Å². The number of piperidine rings is 1. The monoisotopic (exact) mass is 1230 g/mol. The van der Waals surface area contributed by atoms with Crippen LogP contribution in [0.3, 0.4) is 0 Å². The SMILES string of the molecule is CCCCCCCC/C=C\CCCCCCCC(=O)OCC(COC(=O)CCCCCCC/C=C\CCCCCCCC)OC(=O)CC(C)CNCCCC(=O)Oc1c(C)cc(Cn2ccc3c(N(C)[C@H]4CN(C(=O)CC#N)CC[C@H]4C)ncnc32)cc1C. The van der Waals surface area contributed by atoms with Crippen molar-refractivity contribution in [2.75, 3.05) is 51.3 Å². The quantitative estimate of drug-likeness (QED) is 0.0184. The molecule has 1 fully saturated rings. The fraction of sp³-hybridized carbons (Fsp3) is 0.699. The van der Waals surface area contributed by atoms with Crippen molar-refractivity contribution in [3.05, 3.63) is 71.7 Å². The van der Waals surface area contributed by atoms with Gasteiger partial charge in [0.25, 0.3) is 0 Å². The van der Waals surface area contributed by atoms with Crippen LogP contribution in [0.4, 0.5) is 5.82 Å². The highest BCUT2D eigenvalue weighted by atomic mass is 16.6. The lowest BCUT2D eigenvalue weighted by atomic mass is 9.92. The maximum Gasteiger partial charge on any atom is 0.311 e. The van der Waals surface area contributed by atoms with Gasteiger partial charge in [0, 0.05) is 58.6 Å². The molecule has 4 rings (SSSR count). The molecule has 0 spiro atoms. The van der Waals surface area contributed by atoms with Gasteiger partial charge in [0.2, 0.25) is 5.91 Å². The Kier molecular flexibility index (Phi) is 39.0. The smallest absolute Gasteiger partial charge is 0.311 e. The highest BCUT2D eigenvalue weighted by Crippen LogP contribution is 2.32. The Morgan fingerprint density at radius 2 is 1.22 bits per heavy atom. The Bertz CT molecular complexity index is 2530. The van der Waals surface area contributed by atoms with Gasteiger partial charge in [-0.05, 0) is 139 Å². The number of carbonyl (C=O) groups excluding carboxylic acids is 5. The summed E-state index contributed by atoms with van der Waals surface area (Å²) in [6, 6.07) is 8.10. The first-order valence-corrected chi connectivity index (χ1v) is 34.7. The van der Waals surface area contributed by atoms with Crippen molar-refractivity contribution in [1.82, 2.24) is 24.8 Å². The molecule has 496 valence electrons. The number of nitriles is 1. The fourth-order valence-electron chi connectivity index (χ4n) is 11.8. The molecule has 89 heavy (non-hydrogen) atoms. The topological polar surface area (TPSA) is 195 Å². The summed E-state index contributed by atoms with van der Waals surface area (Å²) >= 11 is 0. The number of fused-ring (bicyclic) bond motifs is 1. The van der Waals surface area contributed by atoms with Crippen LogP contribution >= 0.6 is 0 Å². The summed E-state index contributed by atoms with van der Waals surface area (Å²) in [6.07, 6.45) is 44.5. The van der Waals surface area contributed by atoms with Crippen molar-refractivity contribution in [3.63, 3.8) is 0 Å². The van der Waals surface area contributed by atoms with Gasteiger partial charge in [-0.2, -0.15) is 5.26 Å². The Balaban J connectivity index is 1.16. The minimum atomic E-state index is -0.911. The first-order valence-electron chi connectivity index (χ1n) is 34.7. The van der Waals surface area contributed by atoms with E-state index < -0.39 is 12.1 Å². The van der Waals surface area contributed by atoms with Crippen LogP contribution in [0, 0.1) is 37.0 Å². The minimum Gasteiger partial charge on any atom is -0.462 e. The van der Waals surface area contributed by atoms with Gasteiger partial charge in [0.05, 0.1) is 17.5 Å². The maximum absolute atomic E-state index is 13.3. The highest BCUT2D eigenvalue weighted by Gasteiger charge is 2.33. The summed E-state index contributed by atoms with van der Waals surface area (Å²) in [5, 5.41) is 13.4. The molecule has 0 bridgehead atoms. The van der Waals surface area contributed by atoms with E-state index in [1.165, 1.54) is 89.9 Å². The molecule has 1 N–H and O–H groups in total. The third-order valence-corrected chi connectivity index (χ3v) is 17.1. The van der Waals surface area contributed by atoms with Crippen LogP contribution in [-0.4, -0.2) is 108 Å². The summed E-state index contributed by atoms with van der Waals surface area (Å²) in [6.45, 7) is 14.9. The number of carbonyl (C=O) groups is 5. The van der Waals surface area contributed by atoms with E-state index in [4.69, 9.17) is 24.2 Å². The summed E-state index contributed by atoms with van der Waals surface area (Å²) in [5.74, 6) is -0.0845. The number of likely N-dealkylation sites (tertiary alicyclic amines) is 1. The normalized spacial score (nSPS) is 14.6. The average molecular weight is 1230 g/mol. The molecule has 16 heteroatoms. The van der Waals surface area contributed by atoms with Crippen LogP contribution in [0.15, 0.2) is 55.0 Å². The number of amides is 1. The molecule has 1 aliphatic heterocycles. The lowest BCUT2D eigenvalue weighted by molar-refractivity contribution is -0.167. The zero-order valence-electron chi connectivity index (χ0n) is 56.1. The van der Waals surface area contributed by atoms with Gasteiger partial charge in [0.1, 0.15) is 43.2 Å². The van der Waals surface area contributed by atoms with Crippen LogP contribution < -0.4 is 15.0 Å². The van der Waals surface area contributed by atoms with Gasteiger partial charge in [-0.1, -0.05) is 167 Å². The third-order valence-electron chi connectivity index (χ3n) is 17.1. The Labute approximate surface area is 536 Å². The van der Waals surface area contributed by atoms with Gasteiger partial charge in [-0.15, -0.1) is 0 Å². The Hall–Kier alpha value is -6.08.